The first kappa shape index (κ1) is 20.6. The number of nitrogens with one attached hydrogen (secondary N) is 2. The van der Waals surface area contributed by atoms with Crippen molar-refractivity contribution < 1.29 is 4.79 Å². The highest BCUT2D eigenvalue weighted by atomic mass is 32.2. The SMILES string of the molecule is CC[C@H](C)NC(=O)CSCc1nc2sc(C)c(-c3ccc(C)cc3)c2c(=O)[nH]1. The summed E-state index contributed by atoms with van der Waals surface area (Å²) in [6, 6.07) is 8.37. The molecule has 3 aromatic rings. The van der Waals surface area contributed by atoms with Gasteiger partial charge in [-0.3, -0.25) is 9.59 Å². The fourth-order valence-electron chi connectivity index (χ4n) is 2.96. The van der Waals surface area contributed by atoms with Gasteiger partial charge in [-0.25, -0.2) is 4.98 Å². The third-order valence-corrected chi connectivity index (χ3v) is 6.56. The molecule has 0 bridgehead atoms. The van der Waals surface area contributed by atoms with E-state index in [0.717, 1.165) is 27.3 Å². The monoisotopic (exact) mass is 415 g/mol. The van der Waals surface area contributed by atoms with Crippen molar-refractivity contribution in [1.82, 2.24) is 15.3 Å². The largest absolute Gasteiger partial charge is 0.353 e. The molecule has 0 unspecified atom stereocenters. The van der Waals surface area contributed by atoms with E-state index >= 15 is 0 Å². The number of hydrogen-bond donors (Lipinski definition) is 2. The van der Waals surface area contributed by atoms with E-state index in [1.807, 2.05) is 39.8 Å². The molecule has 0 radical (unpaired) electrons. The van der Waals surface area contributed by atoms with E-state index in [2.05, 4.69) is 27.4 Å². The highest BCUT2D eigenvalue weighted by Gasteiger charge is 2.17. The van der Waals surface area contributed by atoms with Gasteiger partial charge in [-0.2, -0.15) is 0 Å². The molecule has 28 heavy (non-hydrogen) atoms. The van der Waals surface area contributed by atoms with E-state index in [9.17, 15) is 9.59 Å². The summed E-state index contributed by atoms with van der Waals surface area (Å²) in [5.74, 6) is 1.46. The molecule has 2 aromatic heterocycles. The van der Waals surface area contributed by atoms with Gasteiger partial charge in [0.05, 0.1) is 16.9 Å². The Balaban J connectivity index is 1.80. The number of rotatable bonds is 7. The van der Waals surface area contributed by atoms with E-state index in [4.69, 9.17) is 0 Å². The Labute approximate surface area is 173 Å². The van der Waals surface area contributed by atoms with Crippen LogP contribution in [0.2, 0.25) is 0 Å². The number of fused-ring (bicyclic) bond motifs is 1. The van der Waals surface area contributed by atoms with E-state index in [1.54, 1.807) is 0 Å². The van der Waals surface area contributed by atoms with E-state index in [0.29, 0.717) is 22.7 Å². The van der Waals surface area contributed by atoms with Crippen LogP contribution in [0.1, 0.15) is 36.5 Å². The van der Waals surface area contributed by atoms with Crippen molar-refractivity contribution in [1.29, 1.82) is 0 Å². The van der Waals surface area contributed by atoms with Crippen LogP contribution in [0.15, 0.2) is 29.1 Å². The first-order chi connectivity index (χ1) is 13.4. The molecule has 0 fully saturated rings. The molecule has 5 nitrogen and oxygen atoms in total. The molecule has 0 saturated carbocycles. The minimum absolute atomic E-state index is 0.0106. The van der Waals surface area contributed by atoms with Gasteiger partial charge in [-0.1, -0.05) is 36.8 Å². The molecule has 2 N–H and O–H groups in total. The molecule has 0 aliphatic heterocycles. The second-order valence-corrected chi connectivity index (χ2v) is 9.15. The number of aromatic nitrogens is 2. The fraction of sp³-hybridized carbons (Fsp3) is 0.381. The first-order valence-corrected chi connectivity index (χ1v) is 11.3. The maximum Gasteiger partial charge on any atom is 0.260 e. The fourth-order valence-corrected chi connectivity index (χ4v) is 4.72. The molecule has 148 valence electrons. The zero-order chi connectivity index (χ0) is 20.3. The van der Waals surface area contributed by atoms with Gasteiger partial charge in [-0.15, -0.1) is 23.1 Å². The van der Waals surface area contributed by atoms with Crippen molar-refractivity contribution >= 4 is 39.2 Å². The van der Waals surface area contributed by atoms with Crippen LogP contribution in [-0.2, 0) is 10.5 Å². The second kappa shape index (κ2) is 8.92. The Morgan fingerprint density at radius 3 is 2.68 bits per heavy atom. The molecule has 1 amide bonds. The molecule has 0 aliphatic carbocycles. The van der Waals surface area contributed by atoms with Gasteiger partial charge < -0.3 is 10.3 Å². The molecular weight excluding hydrogens is 390 g/mol. The lowest BCUT2D eigenvalue weighted by Gasteiger charge is -2.10. The van der Waals surface area contributed by atoms with Crippen molar-refractivity contribution in [3.05, 3.63) is 50.9 Å². The summed E-state index contributed by atoms with van der Waals surface area (Å²) in [5, 5.41) is 3.59. The lowest BCUT2D eigenvalue weighted by molar-refractivity contribution is -0.119. The maximum absolute atomic E-state index is 12.8. The summed E-state index contributed by atoms with van der Waals surface area (Å²) in [4.78, 5) is 34.0. The van der Waals surface area contributed by atoms with Crippen LogP contribution in [0.3, 0.4) is 0 Å². The number of carbonyl (C=O) groups is 1. The van der Waals surface area contributed by atoms with Crippen LogP contribution in [0.4, 0.5) is 0 Å². The van der Waals surface area contributed by atoms with Crippen molar-refractivity contribution in [2.45, 2.75) is 45.9 Å². The first-order valence-electron chi connectivity index (χ1n) is 9.35. The Morgan fingerprint density at radius 2 is 2.00 bits per heavy atom. The number of amides is 1. The lowest BCUT2D eigenvalue weighted by atomic mass is 10.0. The van der Waals surface area contributed by atoms with Crippen molar-refractivity contribution in [3.8, 4) is 11.1 Å². The number of carbonyl (C=O) groups excluding carboxylic acids is 1. The number of H-pyrrole nitrogens is 1. The van der Waals surface area contributed by atoms with Gasteiger partial charge in [0.1, 0.15) is 10.7 Å². The topological polar surface area (TPSA) is 74.8 Å². The number of aryl methyl sites for hydroxylation is 2. The number of benzene rings is 1. The third kappa shape index (κ3) is 4.64. The van der Waals surface area contributed by atoms with Gasteiger partial charge in [0, 0.05) is 16.5 Å². The van der Waals surface area contributed by atoms with Crippen LogP contribution in [-0.4, -0.2) is 27.7 Å². The minimum Gasteiger partial charge on any atom is -0.353 e. The highest BCUT2D eigenvalue weighted by molar-refractivity contribution is 7.99. The molecule has 2 heterocycles. The smallest absolute Gasteiger partial charge is 0.260 e. The van der Waals surface area contributed by atoms with Crippen molar-refractivity contribution in [2.24, 2.45) is 0 Å². The summed E-state index contributed by atoms with van der Waals surface area (Å²) in [6.07, 6.45) is 0.906. The lowest BCUT2D eigenvalue weighted by Crippen LogP contribution is -2.33. The summed E-state index contributed by atoms with van der Waals surface area (Å²) in [5.41, 5.74) is 3.06. The van der Waals surface area contributed by atoms with E-state index in [-0.39, 0.29) is 17.5 Å². The van der Waals surface area contributed by atoms with Crippen LogP contribution in [0, 0.1) is 13.8 Å². The van der Waals surface area contributed by atoms with Crippen LogP contribution >= 0.6 is 23.1 Å². The zero-order valence-electron chi connectivity index (χ0n) is 16.6. The number of hydrogen-bond acceptors (Lipinski definition) is 5. The Morgan fingerprint density at radius 1 is 1.29 bits per heavy atom. The Hall–Kier alpha value is -2.12. The molecular formula is C21H25N3O2S2. The molecule has 3 rings (SSSR count). The predicted molar refractivity (Wildman–Crippen MR) is 119 cm³/mol. The standard InChI is InChI=1S/C21H25N3O2S2/c1-5-13(3)22-17(25)11-27-10-16-23-20(26)19-18(14(4)28-21(19)24-16)15-8-6-12(2)7-9-15/h6-9,13H,5,10-11H2,1-4H3,(H,22,25)(H,23,24,26)/t13-/m0/s1. The van der Waals surface area contributed by atoms with Gasteiger partial charge in [0.2, 0.25) is 5.91 Å². The van der Waals surface area contributed by atoms with Crippen molar-refractivity contribution in [3.63, 3.8) is 0 Å². The summed E-state index contributed by atoms with van der Waals surface area (Å²) >= 11 is 2.99. The normalized spacial score (nSPS) is 12.3. The van der Waals surface area contributed by atoms with Crippen LogP contribution in [0.25, 0.3) is 21.3 Å². The van der Waals surface area contributed by atoms with Gasteiger partial charge in [0.15, 0.2) is 0 Å². The van der Waals surface area contributed by atoms with E-state index in [1.165, 1.54) is 28.7 Å². The Bertz CT molecular complexity index is 1040. The number of aromatic amines is 1. The summed E-state index contributed by atoms with van der Waals surface area (Å²) in [6.45, 7) is 8.09. The molecule has 0 aliphatic rings. The van der Waals surface area contributed by atoms with Gasteiger partial charge in [0.25, 0.3) is 5.56 Å². The molecule has 0 spiro atoms. The summed E-state index contributed by atoms with van der Waals surface area (Å²) in [7, 11) is 0. The van der Waals surface area contributed by atoms with E-state index < -0.39 is 0 Å². The quantitative estimate of drug-likeness (QED) is 0.599. The second-order valence-electron chi connectivity index (χ2n) is 6.96. The number of thioether (sulfide) groups is 1. The average Bonchev–Trinajstić information content (AvgIpc) is 2.98. The highest BCUT2D eigenvalue weighted by Crippen LogP contribution is 2.35. The predicted octanol–water partition coefficient (Wildman–Crippen LogP) is 4.42. The van der Waals surface area contributed by atoms with Crippen molar-refractivity contribution in [2.75, 3.05) is 5.75 Å². The zero-order valence-corrected chi connectivity index (χ0v) is 18.2. The Kier molecular flexibility index (Phi) is 6.57. The average molecular weight is 416 g/mol. The van der Waals surface area contributed by atoms with Crippen LogP contribution in [0.5, 0.6) is 0 Å². The van der Waals surface area contributed by atoms with Crippen LogP contribution < -0.4 is 10.9 Å². The number of nitrogens with zero attached hydrogens (tertiary/aromatic N) is 1. The molecule has 1 aromatic carbocycles. The maximum atomic E-state index is 12.8. The van der Waals surface area contributed by atoms with Gasteiger partial charge >= 0.3 is 0 Å². The number of thiophene rings is 1. The minimum atomic E-state index is -0.121. The molecule has 7 heteroatoms. The van der Waals surface area contributed by atoms with Gasteiger partial charge in [-0.05, 0) is 32.8 Å². The summed E-state index contributed by atoms with van der Waals surface area (Å²) < 4.78 is 0. The third-order valence-electron chi connectivity index (χ3n) is 4.62. The molecule has 0 saturated heterocycles. The molecule has 1 atom stereocenters.